The molecule has 5 fully saturated rings. The van der Waals surface area contributed by atoms with Gasteiger partial charge in [-0.15, -0.1) is 0 Å². The summed E-state index contributed by atoms with van der Waals surface area (Å²) >= 11 is 0. The Morgan fingerprint density at radius 2 is 1.67 bits per heavy atom. The largest absolute Gasteiger partial charge is 0.326 e. The topological polar surface area (TPSA) is 66.5 Å². The highest BCUT2D eigenvalue weighted by Crippen LogP contribution is 2.60. The molecule has 1 amide bonds. The van der Waals surface area contributed by atoms with Gasteiger partial charge in [0.05, 0.1) is 11.7 Å². The molecular formula is C24H34N2O3S. The van der Waals surface area contributed by atoms with Gasteiger partial charge in [0.1, 0.15) is 0 Å². The monoisotopic (exact) mass is 430 g/mol. The number of rotatable bonds is 5. The maximum Gasteiger partial charge on any atom is 0.228 e. The SMILES string of the molecule is CCS(=O)(=O)N1CCCC(C(=O)Nc2ccc(C34CC5CC(CC(C5)C3)C4)cc2)C1. The van der Waals surface area contributed by atoms with Crippen molar-refractivity contribution >= 4 is 21.6 Å². The normalized spacial score (nSPS) is 36.0. The molecule has 1 heterocycles. The first kappa shape index (κ1) is 20.5. The number of amides is 1. The third kappa shape index (κ3) is 3.70. The van der Waals surface area contributed by atoms with Crippen molar-refractivity contribution in [3.8, 4) is 0 Å². The van der Waals surface area contributed by atoms with Crippen LogP contribution in [0.4, 0.5) is 5.69 Å². The van der Waals surface area contributed by atoms with E-state index >= 15 is 0 Å². The van der Waals surface area contributed by atoms with Gasteiger partial charge >= 0.3 is 0 Å². The van der Waals surface area contributed by atoms with E-state index in [9.17, 15) is 13.2 Å². The van der Waals surface area contributed by atoms with E-state index in [1.807, 2.05) is 0 Å². The van der Waals surface area contributed by atoms with Crippen LogP contribution in [0, 0.1) is 23.7 Å². The summed E-state index contributed by atoms with van der Waals surface area (Å²) in [7, 11) is -3.24. The summed E-state index contributed by atoms with van der Waals surface area (Å²) < 4.78 is 25.8. The first-order chi connectivity index (χ1) is 14.4. The first-order valence-corrected chi connectivity index (χ1v) is 13.4. The summed E-state index contributed by atoms with van der Waals surface area (Å²) in [5, 5.41) is 3.04. The Balaban J connectivity index is 1.25. The van der Waals surface area contributed by atoms with Gasteiger partial charge in [0.15, 0.2) is 0 Å². The van der Waals surface area contributed by atoms with Crippen molar-refractivity contribution in [2.45, 2.75) is 63.7 Å². The lowest BCUT2D eigenvalue weighted by atomic mass is 9.48. The average molecular weight is 431 g/mol. The molecular weight excluding hydrogens is 396 g/mol. The van der Waals surface area contributed by atoms with Crippen LogP contribution in [0.1, 0.15) is 63.9 Å². The van der Waals surface area contributed by atoms with Gasteiger partial charge in [0.2, 0.25) is 15.9 Å². The van der Waals surface area contributed by atoms with Crippen LogP contribution in [0.15, 0.2) is 24.3 Å². The van der Waals surface area contributed by atoms with E-state index in [2.05, 4.69) is 29.6 Å². The van der Waals surface area contributed by atoms with Gasteiger partial charge in [-0.25, -0.2) is 12.7 Å². The number of carbonyl (C=O) groups excluding carboxylic acids is 1. The highest BCUT2D eigenvalue weighted by Gasteiger charge is 2.51. The van der Waals surface area contributed by atoms with Crippen LogP contribution in [0.3, 0.4) is 0 Å². The molecule has 4 bridgehead atoms. The smallest absolute Gasteiger partial charge is 0.228 e. The Kier molecular flexibility index (Phi) is 5.21. The zero-order chi connectivity index (χ0) is 20.9. The number of sulfonamides is 1. The molecule has 30 heavy (non-hydrogen) atoms. The van der Waals surface area contributed by atoms with E-state index in [4.69, 9.17) is 0 Å². The maximum absolute atomic E-state index is 12.8. The minimum absolute atomic E-state index is 0.0615. The molecule has 1 saturated heterocycles. The number of anilines is 1. The molecule has 6 rings (SSSR count). The molecule has 1 aromatic carbocycles. The molecule has 1 N–H and O–H groups in total. The standard InChI is InChI=1S/C24H34N2O3S/c1-2-30(28,29)26-9-3-4-20(16-26)23(27)25-22-7-5-21(6-8-22)24-13-17-10-18(14-24)12-19(11-17)15-24/h5-8,17-20H,2-4,9-16H2,1H3,(H,25,27). The molecule has 4 saturated carbocycles. The second kappa shape index (κ2) is 7.63. The van der Waals surface area contributed by atoms with Crippen molar-refractivity contribution in [3.63, 3.8) is 0 Å². The van der Waals surface area contributed by atoms with Crippen LogP contribution in [0.2, 0.25) is 0 Å². The first-order valence-electron chi connectivity index (χ1n) is 11.8. The number of benzene rings is 1. The summed E-state index contributed by atoms with van der Waals surface area (Å²) in [6.07, 6.45) is 9.84. The fraction of sp³-hybridized carbons (Fsp3) is 0.708. The summed E-state index contributed by atoms with van der Waals surface area (Å²) in [6.45, 7) is 2.48. The van der Waals surface area contributed by atoms with Crippen molar-refractivity contribution in [1.82, 2.24) is 4.31 Å². The highest BCUT2D eigenvalue weighted by molar-refractivity contribution is 7.89. The highest BCUT2D eigenvalue weighted by atomic mass is 32.2. The van der Waals surface area contributed by atoms with Crippen molar-refractivity contribution in [1.29, 1.82) is 0 Å². The van der Waals surface area contributed by atoms with Crippen LogP contribution in [0.5, 0.6) is 0 Å². The summed E-state index contributed by atoms with van der Waals surface area (Å²) in [5.74, 6) is 2.52. The van der Waals surface area contributed by atoms with E-state index in [1.54, 1.807) is 6.92 Å². The van der Waals surface area contributed by atoms with Gasteiger partial charge in [-0.3, -0.25) is 4.79 Å². The predicted octanol–water partition coefficient (Wildman–Crippen LogP) is 4.15. The second-order valence-corrected chi connectivity index (χ2v) is 12.6. The summed E-state index contributed by atoms with van der Waals surface area (Å²) in [5.41, 5.74) is 2.65. The Labute approximate surface area is 180 Å². The zero-order valence-corrected chi connectivity index (χ0v) is 18.8. The van der Waals surface area contributed by atoms with Crippen LogP contribution in [0.25, 0.3) is 0 Å². The van der Waals surface area contributed by atoms with Crippen LogP contribution >= 0.6 is 0 Å². The average Bonchev–Trinajstić information content (AvgIpc) is 2.73. The van der Waals surface area contributed by atoms with Gasteiger partial charge < -0.3 is 5.32 Å². The lowest BCUT2D eigenvalue weighted by Gasteiger charge is -2.57. The second-order valence-electron chi connectivity index (χ2n) is 10.4. The Bertz CT molecular complexity index is 874. The maximum atomic E-state index is 12.8. The van der Waals surface area contributed by atoms with Gasteiger partial charge in [-0.1, -0.05) is 12.1 Å². The van der Waals surface area contributed by atoms with Crippen molar-refractivity contribution in [2.75, 3.05) is 24.2 Å². The number of carbonyl (C=O) groups is 1. The number of hydrogen-bond acceptors (Lipinski definition) is 3. The van der Waals surface area contributed by atoms with E-state index in [0.717, 1.165) is 36.3 Å². The van der Waals surface area contributed by atoms with Gasteiger partial charge in [0, 0.05) is 18.8 Å². The van der Waals surface area contributed by atoms with Crippen molar-refractivity contribution in [2.24, 2.45) is 23.7 Å². The summed E-state index contributed by atoms with van der Waals surface area (Å²) in [4.78, 5) is 12.8. The Morgan fingerprint density at radius 3 is 2.23 bits per heavy atom. The molecule has 0 aromatic heterocycles. The van der Waals surface area contributed by atoms with Crippen LogP contribution in [-0.2, 0) is 20.2 Å². The number of piperidine rings is 1. The van der Waals surface area contributed by atoms with Gasteiger partial charge in [0.25, 0.3) is 0 Å². The molecule has 5 aliphatic rings. The van der Waals surface area contributed by atoms with E-state index in [1.165, 1.54) is 48.4 Å². The number of nitrogens with one attached hydrogen (secondary N) is 1. The molecule has 1 aromatic rings. The number of hydrogen-bond donors (Lipinski definition) is 1. The third-order valence-corrected chi connectivity index (χ3v) is 10.2. The van der Waals surface area contributed by atoms with Crippen LogP contribution < -0.4 is 5.32 Å². The van der Waals surface area contributed by atoms with Crippen molar-refractivity contribution < 1.29 is 13.2 Å². The minimum Gasteiger partial charge on any atom is -0.326 e. The fourth-order valence-corrected chi connectivity index (χ4v) is 8.39. The molecule has 4 aliphatic carbocycles. The lowest BCUT2D eigenvalue weighted by molar-refractivity contribution is -0.120. The van der Waals surface area contributed by atoms with Gasteiger partial charge in [-0.2, -0.15) is 0 Å². The fourth-order valence-electron chi connectivity index (χ4n) is 7.21. The lowest BCUT2D eigenvalue weighted by Crippen LogP contribution is -2.48. The van der Waals surface area contributed by atoms with E-state index in [-0.39, 0.29) is 17.6 Å². The Morgan fingerprint density at radius 1 is 1.07 bits per heavy atom. The van der Waals surface area contributed by atoms with Crippen LogP contribution in [-0.4, -0.2) is 37.5 Å². The van der Waals surface area contributed by atoms with Crippen molar-refractivity contribution in [3.05, 3.63) is 29.8 Å². The predicted molar refractivity (Wildman–Crippen MR) is 119 cm³/mol. The molecule has 1 unspecified atom stereocenters. The quantitative estimate of drug-likeness (QED) is 0.763. The molecule has 0 spiro atoms. The molecule has 6 heteroatoms. The molecule has 1 aliphatic heterocycles. The minimum atomic E-state index is -3.24. The Hall–Kier alpha value is -1.40. The van der Waals surface area contributed by atoms with E-state index < -0.39 is 10.0 Å². The molecule has 1 atom stereocenters. The summed E-state index contributed by atoms with van der Waals surface area (Å²) in [6, 6.07) is 8.57. The molecule has 0 radical (unpaired) electrons. The zero-order valence-electron chi connectivity index (χ0n) is 18.0. The molecule has 5 nitrogen and oxygen atoms in total. The van der Waals surface area contributed by atoms with Gasteiger partial charge in [-0.05, 0) is 99.2 Å². The molecule has 164 valence electrons. The van der Waals surface area contributed by atoms with E-state index in [0.29, 0.717) is 18.5 Å². The number of nitrogens with zero attached hydrogens (tertiary/aromatic N) is 1. The third-order valence-electron chi connectivity index (χ3n) is 8.32.